The van der Waals surface area contributed by atoms with Gasteiger partial charge in [0.15, 0.2) is 0 Å². The van der Waals surface area contributed by atoms with E-state index >= 15 is 0 Å². The van der Waals surface area contributed by atoms with Crippen LogP contribution in [0.4, 0.5) is 5.69 Å². The summed E-state index contributed by atoms with van der Waals surface area (Å²) in [6, 6.07) is 17.3. The maximum absolute atomic E-state index is 10.7. The SMILES string of the molecule is O=[N+]([O-])c1ccc(CCN[C@H]2CCO[C@H]2c2ccccc2)cc1. The van der Waals surface area contributed by atoms with Crippen molar-refractivity contribution in [2.75, 3.05) is 13.2 Å². The Kier molecular flexibility index (Phi) is 5.00. The monoisotopic (exact) mass is 312 g/mol. The van der Waals surface area contributed by atoms with Crippen LogP contribution < -0.4 is 5.32 Å². The fraction of sp³-hybridized carbons (Fsp3) is 0.333. The molecule has 0 radical (unpaired) electrons. The van der Waals surface area contributed by atoms with Crippen molar-refractivity contribution in [2.45, 2.75) is 25.0 Å². The fourth-order valence-corrected chi connectivity index (χ4v) is 2.96. The van der Waals surface area contributed by atoms with Crippen LogP contribution in [0.3, 0.4) is 0 Å². The van der Waals surface area contributed by atoms with Crippen LogP contribution in [0, 0.1) is 10.1 Å². The smallest absolute Gasteiger partial charge is 0.269 e. The summed E-state index contributed by atoms with van der Waals surface area (Å²) in [6.45, 7) is 1.60. The quantitative estimate of drug-likeness (QED) is 0.657. The van der Waals surface area contributed by atoms with Crippen LogP contribution in [0.1, 0.15) is 23.7 Å². The lowest BCUT2D eigenvalue weighted by atomic mass is 10.0. The van der Waals surface area contributed by atoms with E-state index < -0.39 is 0 Å². The molecule has 3 rings (SSSR count). The first-order valence-corrected chi connectivity index (χ1v) is 7.87. The first kappa shape index (κ1) is 15.6. The van der Waals surface area contributed by atoms with E-state index in [2.05, 4.69) is 17.4 Å². The van der Waals surface area contributed by atoms with Gasteiger partial charge in [0.2, 0.25) is 0 Å². The molecule has 120 valence electrons. The van der Waals surface area contributed by atoms with E-state index in [1.165, 1.54) is 5.56 Å². The van der Waals surface area contributed by atoms with Gasteiger partial charge in [-0.15, -0.1) is 0 Å². The molecule has 5 heteroatoms. The van der Waals surface area contributed by atoms with Crippen LogP contribution in [-0.2, 0) is 11.2 Å². The number of hydrogen-bond acceptors (Lipinski definition) is 4. The summed E-state index contributed by atoms with van der Waals surface area (Å²) in [5.74, 6) is 0. The van der Waals surface area contributed by atoms with Gasteiger partial charge in [-0.25, -0.2) is 0 Å². The molecule has 1 saturated heterocycles. The van der Waals surface area contributed by atoms with Crippen LogP contribution >= 0.6 is 0 Å². The minimum atomic E-state index is -0.373. The van der Waals surface area contributed by atoms with Gasteiger partial charge in [-0.05, 0) is 30.5 Å². The number of nitrogens with one attached hydrogen (secondary N) is 1. The number of hydrogen-bond donors (Lipinski definition) is 1. The zero-order chi connectivity index (χ0) is 16.1. The zero-order valence-corrected chi connectivity index (χ0v) is 12.9. The van der Waals surface area contributed by atoms with Crippen LogP contribution in [0.2, 0.25) is 0 Å². The second-order valence-electron chi connectivity index (χ2n) is 5.72. The third kappa shape index (κ3) is 3.94. The van der Waals surface area contributed by atoms with Gasteiger partial charge < -0.3 is 10.1 Å². The molecule has 2 atom stereocenters. The summed E-state index contributed by atoms with van der Waals surface area (Å²) in [6.07, 6.45) is 1.95. The molecule has 1 aliphatic rings. The molecule has 1 aliphatic heterocycles. The molecule has 0 aliphatic carbocycles. The highest BCUT2D eigenvalue weighted by Crippen LogP contribution is 2.28. The third-order valence-corrected chi connectivity index (χ3v) is 4.19. The summed E-state index contributed by atoms with van der Waals surface area (Å²) in [5, 5.41) is 14.2. The van der Waals surface area contributed by atoms with Crippen molar-refractivity contribution in [1.82, 2.24) is 5.32 Å². The van der Waals surface area contributed by atoms with E-state index in [9.17, 15) is 10.1 Å². The highest BCUT2D eigenvalue weighted by molar-refractivity contribution is 5.33. The Bertz CT molecular complexity index is 643. The number of nitro groups is 1. The van der Waals surface area contributed by atoms with E-state index in [1.807, 2.05) is 30.3 Å². The average molecular weight is 312 g/mol. The molecule has 0 saturated carbocycles. The van der Waals surface area contributed by atoms with Crippen molar-refractivity contribution >= 4 is 5.69 Å². The van der Waals surface area contributed by atoms with Gasteiger partial charge in [0.1, 0.15) is 0 Å². The van der Waals surface area contributed by atoms with Gasteiger partial charge >= 0.3 is 0 Å². The number of nitro benzene ring substituents is 1. The van der Waals surface area contributed by atoms with Crippen molar-refractivity contribution in [2.24, 2.45) is 0 Å². The maximum Gasteiger partial charge on any atom is 0.269 e. The third-order valence-electron chi connectivity index (χ3n) is 4.19. The molecule has 23 heavy (non-hydrogen) atoms. The molecule has 0 spiro atoms. The topological polar surface area (TPSA) is 64.4 Å². The fourth-order valence-electron chi connectivity index (χ4n) is 2.96. The number of nitrogens with zero attached hydrogens (tertiary/aromatic N) is 1. The molecule has 0 unspecified atom stereocenters. The molecule has 0 amide bonds. The maximum atomic E-state index is 10.7. The summed E-state index contributed by atoms with van der Waals surface area (Å²) < 4.78 is 5.86. The molecule has 1 heterocycles. The van der Waals surface area contributed by atoms with E-state index in [0.29, 0.717) is 6.04 Å². The van der Waals surface area contributed by atoms with Crippen LogP contribution in [0.25, 0.3) is 0 Å². The van der Waals surface area contributed by atoms with Gasteiger partial charge in [0.05, 0.1) is 11.0 Å². The average Bonchev–Trinajstić information content (AvgIpc) is 3.05. The number of rotatable bonds is 6. The lowest BCUT2D eigenvalue weighted by Gasteiger charge is -2.20. The predicted molar refractivity (Wildman–Crippen MR) is 88.3 cm³/mol. The number of non-ortho nitro benzene ring substituents is 1. The molecular formula is C18H20N2O3. The molecule has 0 aromatic heterocycles. The summed E-state index contributed by atoms with van der Waals surface area (Å²) >= 11 is 0. The normalized spacial score (nSPS) is 20.5. The van der Waals surface area contributed by atoms with E-state index in [1.54, 1.807) is 12.1 Å². The molecular weight excluding hydrogens is 292 g/mol. The first-order valence-electron chi connectivity index (χ1n) is 7.87. The Morgan fingerprint density at radius 3 is 2.57 bits per heavy atom. The Labute approximate surface area is 135 Å². The predicted octanol–water partition coefficient (Wildman–Crippen LogP) is 3.26. The summed E-state index contributed by atoms with van der Waals surface area (Å²) in [4.78, 5) is 10.3. The second kappa shape index (κ2) is 7.35. The second-order valence-corrected chi connectivity index (χ2v) is 5.72. The van der Waals surface area contributed by atoms with Crippen molar-refractivity contribution in [3.8, 4) is 0 Å². The Morgan fingerprint density at radius 2 is 1.87 bits per heavy atom. The van der Waals surface area contributed by atoms with Crippen molar-refractivity contribution in [3.05, 3.63) is 75.8 Å². The van der Waals surface area contributed by atoms with Gasteiger partial charge in [0, 0.05) is 24.8 Å². The van der Waals surface area contributed by atoms with Crippen molar-refractivity contribution in [3.63, 3.8) is 0 Å². The molecule has 1 fully saturated rings. The van der Waals surface area contributed by atoms with Crippen molar-refractivity contribution in [1.29, 1.82) is 0 Å². The Morgan fingerprint density at radius 1 is 1.13 bits per heavy atom. The lowest BCUT2D eigenvalue weighted by molar-refractivity contribution is -0.384. The highest BCUT2D eigenvalue weighted by Gasteiger charge is 2.28. The molecule has 5 nitrogen and oxygen atoms in total. The number of ether oxygens (including phenoxy) is 1. The molecule has 1 N–H and O–H groups in total. The minimum Gasteiger partial charge on any atom is -0.372 e. The van der Waals surface area contributed by atoms with Crippen molar-refractivity contribution < 1.29 is 9.66 Å². The minimum absolute atomic E-state index is 0.105. The molecule has 2 aromatic rings. The lowest BCUT2D eigenvalue weighted by Crippen LogP contribution is -2.33. The highest BCUT2D eigenvalue weighted by atomic mass is 16.6. The molecule has 2 aromatic carbocycles. The standard InChI is InChI=1S/C18H20N2O3/c21-20(22)16-8-6-14(7-9-16)10-12-19-17-11-13-23-18(17)15-4-2-1-3-5-15/h1-9,17-19H,10-13H2/t17-,18-/m0/s1. The van der Waals surface area contributed by atoms with E-state index in [-0.39, 0.29) is 16.7 Å². The van der Waals surface area contributed by atoms with Crippen LogP contribution in [-0.4, -0.2) is 24.1 Å². The zero-order valence-electron chi connectivity index (χ0n) is 12.9. The van der Waals surface area contributed by atoms with Crippen LogP contribution in [0.5, 0.6) is 0 Å². The van der Waals surface area contributed by atoms with E-state index in [4.69, 9.17) is 4.74 Å². The van der Waals surface area contributed by atoms with Gasteiger partial charge in [-0.3, -0.25) is 10.1 Å². The Balaban J connectivity index is 1.52. The van der Waals surface area contributed by atoms with Crippen LogP contribution in [0.15, 0.2) is 54.6 Å². The summed E-state index contributed by atoms with van der Waals surface area (Å²) in [7, 11) is 0. The summed E-state index contributed by atoms with van der Waals surface area (Å²) in [5.41, 5.74) is 2.44. The Hall–Kier alpha value is -2.24. The van der Waals surface area contributed by atoms with Gasteiger partial charge in [0.25, 0.3) is 5.69 Å². The van der Waals surface area contributed by atoms with E-state index in [0.717, 1.165) is 31.6 Å². The largest absolute Gasteiger partial charge is 0.372 e. The number of benzene rings is 2. The molecule has 0 bridgehead atoms. The van der Waals surface area contributed by atoms with Gasteiger partial charge in [-0.2, -0.15) is 0 Å². The van der Waals surface area contributed by atoms with Gasteiger partial charge in [-0.1, -0.05) is 42.5 Å². The first-order chi connectivity index (χ1) is 11.2.